The van der Waals surface area contributed by atoms with Gasteiger partial charge in [0.25, 0.3) is 0 Å². The molecular formula is C14H22O3. The average Bonchev–Trinajstić information content (AvgIpc) is 2.57. The van der Waals surface area contributed by atoms with Crippen molar-refractivity contribution in [2.45, 2.75) is 39.9 Å². The fourth-order valence-electron chi connectivity index (χ4n) is 2.59. The number of hydrogen-bond donors (Lipinski definition) is 0. The van der Waals surface area contributed by atoms with Crippen molar-refractivity contribution >= 4 is 6.29 Å². The number of aldehydes is 1. The molecule has 1 heterocycles. The third-order valence-corrected chi connectivity index (χ3v) is 4.41. The summed E-state index contributed by atoms with van der Waals surface area (Å²) in [4.78, 5) is 10.6. The molecule has 96 valence electrons. The van der Waals surface area contributed by atoms with E-state index in [1.807, 2.05) is 0 Å². The van der Waals surface area contributed by atoms with Gasteiger partial charge in [-0.15, -0.1) is 0 Å². The van der Waals surface area contributed by atoms with Crippen LogP contribution in [0.25, 0.3) is 0 Å². The van der Waals surface area contributed by atoms with Crippen molar-refractivity contribution in [1.82, 2.24) is 0 Å². The molecule has 1 aliphatic heterocycles. The van der Waals surface area contributed by atoms with Gasteiger partial charge < -0.3 is 14.3 Å². The van der Waals surface area contributed by atoms with Gasteiger partial charge >= 0.3 is 0 Å². The minimum Gasteiger partial charge on any atom is -0.352 e. The van der Waals surface area contributed by atoms with Gasteiger partial charge in [0.1, 0.15) is 6.29 Å². The number of carbonyl (C=O) groups excluding carboxylic acids is 1. The number of carbonyl (C=O) groups is 1. The van der Waals surface area contributed by atoms with Crippen LogP contribution >= 0.6 is 0 Å². The molecule has 3 heteroatoms. The molecule has 0 saturated carbocycles. The Morgan fingerprint density at radius 2 is 2.06 bits per heavy atom. The van der Waals surface area contributed by atoms with Crippen molar-refractivity contribution in [1.29, 1.82) is 0 Å². The largest absolute Gasteiger partial charge is 0.352 e. The molecule has 0 radical (unpaired) electrons. The molecule has 0 aromatic rings. The molecule has 1 aliphatic carbocycles. The molecule has 17 heavy (non-hydrogen) atoms. The lowest BCUT2D eigenvalue weighted by Gasteiger charge is -2.34. The second-order valence-electron chi connectivity index (χ2n) is 5.77. The van der Waals surface area contributed by atoms with Crippen LogP contribution < -0.4 is 0 Å². The lowest BCUT2D eigenvalue weighted by Crippen LogP contribution is -2.35. The van der Waals surface area contributed by atoms with Gasteiger partial charge in [0.05, 0.1) is 19.1 Å². The Hall–Kier alpha value is -0.670. The van der Waals surface area contributed by atoms with Crippen LogP contribution in [0.4, 0.5) is 0 Å². The topological polar surface area (TPSA) is 35.5 Å². The molecule has 0 aromatic carbocycles. The predicted molar refractivity (Wildman–Crippen MR) is 65.5 cm³/mol. The Bertz CT molecular complexity index is 311. The highest BCUT2D eigenvalue weighted by molar-refractivity contribution is 5.53. The van der Waals surface area contributed by atoms with Gasteiger partial charge in [0.15, 0.2) is 6.29 Å². The van der Waals surface area contributed by atoms with Crippen LogP contribution in [0.5, 0.6) is 0 Å². The fourth-order valence-corrected chi connectivity index (χ4v) is 2.59. The highest BCUT2D eigenvalue weighted by Crippen LogP contribution is 2.45. The summed E-state index contributed by atoms with van der Waals surface area (Å²) in [5.41, 5.74) is 1.71. The van der Waals surface area contributed by atoms with E-state index >= 15 is 0 Å². The van der Waals surface area contributed by atoms with Crippen LogP contribution in [0.15, 0.2) is 11.6 Å². The molecular weight excluding hydrogens is 216 g/mol. The summed E-state index contributed by atoms with van der Waals surface area (Å²) in [5.74, 6) is 0.503. The molecule has 1 fully saturated rings. The van der Waals surface area contributed by atoms with Crippen molar-refractivity contribution < 1.29 is 14.3 Å². The van der Waals surface area contributed by atoms with Crippen molar-refractivity contribution in [3.05, 3.63) is 11.6 Å². The Morgan fingerprint density at radius 3 is 2.53 bits per heavy atom. The number of allylic oxidation sites excluding steroid dienone is 2. The second kappa shape index (κ2) is 4.91. The first-order chi connectivity index (χ1) is 8.04. The Kier molecular flexibility index (Phi) is 3.69. The maximum atomic E-state index is 10.6. The lowest BCUT2D eigenvalue weighted by molar-refractivity contribution is -0.206. The van der Waals surface area contributed by atoms with Crippen LogP contribution in [0.3, 0.4) is 0 Å². The maximum absolute atomic E-state index is 10.6. The lowest BCUT2D eigenvalue weighted by atomic mass is 9.76. The highest BCUT2D eigenvalue weighted by atomic mass is 16.7. The van der Waals surface area contributed by atoms with Crippen LogP contribution in [-0.4, -0.2) is 25.8 Å². The first-order valence-corrected chi connectivity index (χ1v) is 6.39. The van der Waals surface area contributed by atoms with E-state index in [9.17, 15) is 4.79 Å². The van der Waals surface area contributed by atoms with Gasteiger partial charge in [0, 0.05) is 6.42 Å². The van der Waals surface area contributed by atoms with E-state index in [2.05, 4.69) is 26.8 Å². The summed E-state index contributed by atoms with van der Waals surface area (Å²) in [6.45, 7) is 7.79. The van der Waals surface area contributed by atoms with E-state index in [1.54, 1.807) is 0 Å². The first-order valence-electron chi connectivity index (χ1n) is 6.39. The molecule has 1 unspecified atom stereocenters. The van der Waals surface area contributed by atoms with Gasteiger partial charge in [-0.2, -0.15) is 0 Å². The minimum absolute atomic E-state index is 0.0808. The molecule has 0 amide bonds. The summed E-state index contributed by atoms with van der Waals surface area (Å²) in [5, 5.41) is 0. The quantitative estimate of drug-likeness (QED) is 0.560. The van der Waals surface area contributed by atoms with E-state index in [0.717, 1.165) is 19.1 Å². The predicted octanol–water partition coefficient (Wildman–Crippen LogP) is 2.56. The number of rotatable bonds is 3. The van der Waals surface area contributed by atoms with Crippen molar-refractivity contribution in [2.75, 3.05) is 13.2 Å². The smallest absolute Gasteiger partial charge is 0.157 e. The highest BCUT2D eigenvalue weighted by Gasteiger charge is 2.37. The van der Waals surface area contributed by atoms with Crippen molar-refractivity contribution in [3.63, 3.8) is 0 Å². The zero-order chi connectivity index (χ0) is 12.5. The molecule has 0 spiro atoms. The normalized spacial score (nSPS) is 36.6. The third kappa shape index (κ3) is 2.61. The molecule has 1 atom stereocenters. The zero-order valence-corrected chi connectivity index (χ0v) is 10.9. The van der Waals surface area contributed by atoms with Crippen LogP contribution in [0, 0.1) is 17.3 Å². The molecule has 2 aliphatic rings. The molecule has 1 saturated heterocycles. The third-order valence-electron chi connectivity index (χ3n) is 4.41. The van der Waals surface area contributed by atoms with Crippen LogP contribution in [-0.2, 0) is 14.3 Å². The molecule has 3 nitrogen and oxygen atoms in total. The number of hydrogen-bond acceptors (Lipinski definition) is 3. The van der Waals surface area contributed by atoms with Crippen LogP contribution in [0.2, 0.25) is 0 Å². The summed E-state index contributed by atoms with van der Waals surface area (Å²) in [6, 6.07) is 0. The Balaban J connectivity index is 1.85. The van der Waals surface area contributed by atoms with E-state index in [-0.39, 0.29) is 17.6 Å². The Labute approximate surface area is 103 Å². The first kappa shape index (κ1) is 12.8. The summed E-state index contributed by atoms with van der Waals surface area (Å²) in [7, 11) is 0. The van der Waals surface area contributed by atoms with Gasteiger partial charge in [-0.05, 0) is 24.7 Å². The average molecular weight is 238 g/mol. The summed E-state index contributed by atoms with van der Waals surface area (Å²) < 4.78 is 11.2. The van der Waals surface area contributed by atoms with Gasteiger partial charge in [0.2, 0.25) is 0 Å². The van der Waals surface area contributed by atoms with Gasteiger partial charge in [-0.3, -0.25) is 0 Å². The zero-order valence-electron chi connectivity index (χ0n) is 10.9. The standard InChI is InChI=1S/C14H22O3/c1-10-4-5-12(14(10,2)3)6-13-16-8-11(7-15)9-17-13/h4,7,11-13H,5-6,8-9H2,1-3H3. The summed E-state index contributed by atoms with van der Waals surface area (Å²) >= 11 is 0. The molecule has 0 bridgehead atoms. The second-order valence-corrected chi connectivity index (χ2v) is 5.77. The Morgan fingerprint density at radius 1 is 1.41 bits per heavy atom. The van der Waals surface area contributed by atoms with Crippen molar-refractivity contribution in [2.24, 2.45) is 17.3 Å². The van der Waals surface area contributed by atoms with E-state index in [1.165, 1.54) is 5.57 Å². The maximum Gasteiger partial charge on any atom is 0.157 e. The van der Waals surface area contributed by atoms with Crippen LogP contribution in [0.1, 0.15) is 33.6 Å². The molecule has 2 rings (SSSR count). The van der Waals surface area contributed by atoms with E-state index < -0.39 is 0 Å². The monoisotopic (exact) mass is 238 g/mol. The molecule has 0 aromatic heterocycles. The number of ether oxygens (including phenoxy) is 2. The van der Waals surface area contributed by atoms with E-state index in [0.29, 0.717) is 19.1 Å². The van der Waals surface area contributed by atoms with Crippen molar-refractivity contribution in [3.8, 4) is 0 Å². The minimum atomic E-state index is -0.130. The molecule has 0 N–H and O–H groups in total. The van der Waals surface area contributed by atoms with E-state index in [4.69, 9.17) is 9.47 Å². The summed E-state index contributed by atoms with van der Waals surface area (Å²) in [6.07, 6.45) is 5.14. The fraction of sp³-hybridized carbons (Fsp3) is 0.786. The van der Waals surface area contributed by atoms with Gasteiger partial charge in [-0.1, -0.05) is 25.5 Å². The SMILES string of the molecule is CC1=CCC(CC2OCC(C=O)CO2)C1(C)C. The van der Waals surface area contributed by atoms with Gasteiger partial charge in [-0.25, -0.2) is 0 Å².